The summed E-state index contributed by atoms with van der Waals surface area (Å²) >= 11 is 0. The molecule has 0 aromatic heterocycles. The van der Waals surface area contributed by atoms with Crippen LogP contribution in [0.15, 0.2) is 5.10 Å². The van der Waals surface area contributed by atoms with Crippen molar-refractivity contribution in [3.05, 3.63) is 0 Å². The van der Waals surface area contributed by atoms with Gasteiger partial charge < -0.3 is 5.43 Å². The highest BCUT2D eigenvalue weighted by Gasteiger charge is 2.34. The highest BCUT2D eigenvalue weighted by atomic mass is 15.3. The van der Waals surface area contributed by atoms with Crippen LogP contribution in [-0.4, -0.2) is 11.8 Å². The number of hydrogen-bond donors (Lipinski definition) is 1. The van der Waals surface area contributed by atoms with Gasteiger partial charge in [0.1, 0.15) is 0 Å². The Morgan fingerprint density at radius 2 is 1.59 bits per heavy atom. The molecule has 0 amide bonds. The maximum Gasteiger partial charge on any atom is 0.0440 e. The van der Waals surface area contributed by atoms with E-state index in [9.17, 15) is 0 Å². The topological polar surface area (TPSA) is 24.4 Å². The Balaban J connectivity index is 1.56. The number of fused-ring (bicyclic) bond motifs is 1. The first-order valence-electron chi connectivity index (χ1n) is 7.75. The molecule has 0 saturated heterocycles. The van der Waals surface area contributed by atoms with E-state index in [4.69, 9.17) is 5.10 Å². The fraction of sp³-hybridized carbons (Fsp3) is 0.933. The first-order valence-corrected chi connectivity index (χ1v) is 7.75. The summed E-state index contributed by atoms with van der Waals surface area (Å²) < 4.78 is 0. The lowest BCUT2D eigenvalue weighted by Gasteiger charge is -2.26. The molecule has 3 aliphatic rings. The minimum atomic E-state index is 0.680. The molecule has 3 saturated carbocycles. The summed E-state index contributed by atoms with van der Waals surface area (Å²) in [5.41, 5.74) is 5.00. The van der Waals surface area contributed by atoms with Crippen LogP contribution in [0.25, 0.3) is 0 Å². The molecular weight excluding hydrogens is 208 g/mol. The van der Waals surface area contributed by atoms with Crippen LogP contribution in [-0.2, 0) is 0 Å². The summed E-state index contributed by atoms with van der Waals surface area (Å²) in [5, 5.41) is 4.80. The van der Waals surface area contributed by atoms with Gasteiger partial charge in [-0.05, 0) is 44.4 Å². The number of nitrogens with one attached hydrogen (secondary N) is 1. The maximum absolute atomic E-state index is 4.80. The average molecular weight is 234 g/mol. The number of nitrogens with zero attached hydrogens (tertiary/aromatic N) is 1. The molecule has 3 fully saturated rings. The standard InChI is InChI=1S/C15H26N2/c1-2-7-13(8-3-1)16-17-15-11-10-12-6-4-5-9-14(12)15/h12-14,16H,1-11H2/b17-15+. The molecule has 2 nitrogen and oxygen atoms in total. The van der Waals surface area contributed by atoms with Crippen molar-refractivity contribution in [3.63, 3.8) is 0 Å². The summed E-state index contributed by atoms with van der Waals surface area (Å²) in [5.74, 6) is 1.83. The van der Waals surface area contributed by atoms with Gasteiger partial charge in [-0.25, -0.2) is 0 Å². The lowest BCUT2D eigenvalue weighted by Crippen LogP contribution is -2.29. The van der Waals surface area contributed by atoms with Crippen molar-refractivity contribution < 1.29 is 0 Å². The smallest absolute Gasteiger partial charge is 0.0440 e. The van der Waals surface area contributed by atoms with E-state index < -0.39 is 0 Å². The van der Waals surface area contributed by atoms with Gasteiger partial charge in [0.05, 0.1) is 0 Å². The molecule has 2 atom stereocenters. The number of hydrogen-bond acceptors (Lipinski definition) is 2. The highest BCUT2D eigenvalue weighted by Crippen LogP contribution is 2.40. The Bertz CT molecular complexity index is 279. The van der Waals surface area contributed by atoms with Gasteiger partial charge in [-0.1, -0.05) is 32.1 Å². The van der Waals surface area contributed by atoms with Gasteiger partial charge in [-0.3, -0.25) is 0 Å². The molecule has 3 aliphatic carbocycles. The lowest BCUT2D eigenvalue weighted by atomic mass is 9.81. The Labute approximate surface area is 105 Å². The second kappa shape index (κ2) is 5.41. The molecule has 2 unspecified atom stereocenters. The summed E-state index contributed by atoms with van der Waals surface area (Å²) in [6, 6.07) is 0.680. The van der Waals surface area contributed by atoms with Crippen molar-refractivity contribution >= 4 is 5.71 Å². The van der Waals surface area contributed by atoms with Gasteiger partial charge >= 0.3 is 0 Å². The zero-order valence-corrected chi connectivity index (χ0v) is 11.0. The van der Waals surface area contributed by atoms with Crippen LogP contribution in [0.4, 0.5) is 0 Å². The molecule has 96 valence electrons. The number of rotatable bonds is 2. The highest BCUT2D eigenvalue weighted by molar-refractivity contribution is 5.88. The maximum atomic E-state index is 4.80. The third kappa shape index (κ3) is 2.66. The molecule has 0 heterocycles. The van der Waals surface area contributed by atoms with E-state index in [-0.39, 0.29) is 0 Å². The van der Waals surface area contributed by atoms with Crippen LogP contribution in [0.3, 0.4) is 0 Å². The fourth-order valence-corrected chi connectivity index (χ4v) is 4.06. The first kappa shape index (κ1) is 11.6. The normalized spacial score (nSPS) is 37.1. The van der Waals surface area contributed by atoms with Crippen LogP contribution in [0.1, 0.15) is 70.6 Å². The molecule has 3 rings (SSSR count). The Kier molecular flexibility index (Phi) is 3.68. The molecule has 0 spiro atoms. The van der Waals surface area contributed by atoms with Crippen LogP contribution in [0.5, 0.6) is 0 Å². The third-order valence-electron chi connectivity index (χ3n) is 5.10. The SMILES string of the molecule is C1CCC(N/N=C2\CCC3CCCCC23)CC1. The van der Waals surface area contributed by atoms with E-state index in [1.54, 1.807) is 0 Å². The van der Waals surface area contributed by atoms with Crippen molar-refractivity contribution in [2.45, 2.75) is 76.7 Å². The molecule has 0 aromatic rings. The lowest BCUT2D eigenvalue weighted by molar-refractivity contribution is 0.315. The van der Waals surface area contributed by atoms with Crippen molar-refractivity contribution in [3.8, 4) is 0 Å². The van der Waals surface area contributed by atoms with Crippen LogP contribution in [0.2, 0.25) is 0 Å². The monoisotopic (exact) mass is 234 g/mol. The van der Waals surface area contributed by atoms with E-state index in [0.29, 0.717) is 6.04 Å². The summed E-state index contributed by atoms with van der Waals surface area (Å²) in [7, 11) is 0. The third-order valence-corrected chi connectivity index (χ3v) is 5.10. The summed E-state index contributed by atoms with van der Waals surface area (Å²) in [4.78, 5) is 0. The summed E-state index contributed by atoms with van der Waals surface area (Å²) in [6.45, 7) is 0. The molecule has 17 heavy (non-hydrogen) atoms. The van der Waals surface area contributed by atoms with Gasteiger partial charge in [-0.2, -0.15) is 5.10 Å². The number of hydrazone groups is 1. The van der Waals surface area contributed by atoms with Gasteiger partial charge in [0.15, 0.2) is 0 Å². The van der Waals surface area contributed by atoms with Gasteiger partial charge in [0.25, 0.3) is 0 Å². The van der Waals surface area contributed by atoms with Gasteiger partial charge in [0, 0.05) is 17.7 Å². The van der Waals surface area contributed by atoms with Crippen molar-refractivity contribution in [2.75, 3.05) is 0 Å². The molecule has 0 bridgehead atoms. The van der Waals surface area contributed by atoms with E-state index in [1.165, 1.54) is 76.3 Å². The van der Waals surface area contributed by atoms with Crippen molar-refractivity contribution in [1.82, 2.24) is 5.43 Å². The first-order chi connectivity index (χ1) is 8.43. The molecule has 0 aliphatic heterocycles. The molecular formula is C15H26N2. The second-order valence-corrected chi connectivity index (χ2v) is 6.26. The minimum Gasteiger partial charge on any atom is -0.307 e. The average Bonchev–Trinajstić information content (AvgIpc) is 2.81. The van der Waals surface area contributed by atoms with E-state index >= 15 is 0 Å². The van der Waals surface area contributed by atoms with E-state index in [1.807, 2.05) is 0 Å². The summed E-state index contributed by atoms with van der Waals surface area (Å²) in [6.07, 6.45) is 15.4. The van der Waals surface area contributed by atoms with E-state index in [2.05, 4.69) is 5.43 Å². The predicted molar refractivity (Wildman–Crippen MR) is 72.1 cm³/mol. The quantitative estimate of drug-likeness (QED) is 0.721. The van der Waals surface area contributed by atoms with Crippen LogP contribution in [0, 0.1) is 11.8 Å². The molecule has 0 radical (unpaired) electrons. The van der Waals surface area contributed by atoms with Crippen LogP contribution < -0.4 is 5.43 Å². The Morgan fingerprint density at radius 3 is 2.47 bits per heavy atom. The molecule has 1 N–H and O–H groups in total. The Hall–Kier alpha value is -0.530. The molecule has 2 heteroatoms. The van der Waals surface area contributed by atoms with Gasteiger partial charge in [-0.15, -0.1) is 0 Å². The van der Waals surface area contributed by atoms with E-state index in [0.717, 1.165) is 11.8 Å². The zero-order chi connectivity index (χ0) is 11.5. The zero-order valence-electron chi connectivity index (χ0n) is 11.0. The van der Waals surface area contributed by atoms with Crippen molar-refractivity contribution in [2.24, 2.45) is 16.9 Å². The predicted octanol–water partition coefficient (Wildman–Crippen LogP) is 3.86. The van der Waals surface area contributed by atoms with Crippen LogP contribution >= 0.6 is 0 Å². The largest absolute Gasteiger partial charge is 0.307 e. The second-order valence-electron chi connectivity index (χ2n) is 6.26. The minimum absolute atomic E-state index is 0.680. The molecule has 0 aromatic carbocycles. The fourth-order valence-electron chi connectivity index (χ4n) is 4.06. The Morgan fingerprint density at radius 1 is 0.824 bits per heavy atom. The van der Waals surface area contributed by atoms with Gasteiger partial charge in [0.2, 0.25) is 0 Å². The van der Waals surface area contributed by atoms with Crippen molar-refractivity contribution in [1.29, 1.82) is 0 Å².